The van der Waals surface area contributed by atoms with Gasteiger partial charge in [-0.2, -0.15) is 5.26 Å². The third-order valence-corrected chi connectivity index (χ3v) is 3.57. The minimum atomic E-state index is -0.520. The molecule has 1 rings (SSSR count). The number of hydrogen-bond acceptors (Lipinski definition) is 4. The number of ketones is 1. The van der Waals surface area contributed by atoms with Crippen LogP contribution in [0.5, 0.6) is 5.88 Å². The van der Waals surface area contributed by atoms with Crippen LogP contribution in [0.15, 0.2) is 4.79 Å². The van der Waals surface area contributed by atoms with Gasteiger partial charge in [0.2, 0.25) is 5.88 Å². The molecule has 5 heteroatoms. The number of carbonyl (C=O) groups excluding carboxylic acids is 1. The van der Waals surface area contributed by atoms with Gasteiger partial charge in [0.05, 0.1) is 5.56 Å². The maximum absolute atomic E-state index is 12.3. The van der Waals surface area contributed by atoms with Gasteiger partial charge in [0.1, 0.15) is 11.6 Å². The highest BCUT2D eigenvalue weighted by Gasteiger charge is 2.23. The van der Waals surface area contributed by atoms with Crippen LogP contribution < -0.4 is 5.56 Å². The third kappa shape index (κ3) is 3.52. The van der Waals surface area contributed by atoms with E-state index in [0.717, 1.165) is 17.4 Å². The lowest BCUT2D eigenvalue weighted by Gasteiger charge is -2.15. The van der Waals surface area contributed by atoms with Crippen molar-refractivity contribution in [2.75, 3.05) is 0 Å². The van der Waals surface area contributed by atoms with Crippen molar-refractivity contribution in [3.05, 3.63) is 27.0 Å². The number of nitriles is 1. The number of pyridine rings is 1. The van der Waals surface area contributed by atoms with Crippen molar-refractivity contribution in [3.63, 3.8) is 0 Å². The molecule has 5 nitrogen and oxygen atoms in total. The Morgan fingerprint density at radius 2 is 1.90 bits per heavy atom. The fourth-order valence-electron chi connectivity index (χ4n) is 2.27. The summed E-state index contributed by atoms with van der Waals surface area (Å²) in [6.45, 7) is 5.80. The lowest BCUT2D eigenvalue weighted by atomic mass is 9.98. The molecule has 1 aromatic rings. The number of Topliss-reactive ketones (excluding diaryl/α,β-unsaturated/α-hetero) is 1. The van der Waals surface area contributed by atoms with Gasteiger partial charge in [-0.25, -0.2) is 0 Å². The quantitative estimate of drug-likeness (QED) is 0.783. The Morgan fingerprint density at radius 1 is 1.29 bits per heavy atom. The highest BCUT2D eigenvalue weighted by Crippen LogP contribution is 2.24. The average molecular weight is 290 g/mol. The molecular weight excluding hydrogens is 268 g/mol. The molecule has 0 bridgehead atoms. The summed E-state index contributed by atoms with van der Waals surface area (Å²) < 4.78 is 1.15. The van der Waals surface area contributed by atoms with Crippen LogP contribution in [0.3, 0.4) is 0 Å². The topological polar surface area (TPSA) is 83.1 Å². The normalized spacial score (nSPS) is 10.4. The SMILES string of the molecule is CCCCC(=O)c1c(C)c(C#N)c(=O)n(CCCC)c1O. The number of carbonyl (C=O) groups is 1. The zero-order chi connectivity index (χ0) is 16.0. The van der Waals surface area contributed by atoms with E-state index in [-0.39, 0.29) is 28.4 Å². The standard InChI is InChI=1S/C16H22N2O3/c1-4-6-8-13(19)14-11(3)12(10-17)15(20)18(16(14)21)9-7-5-2/h21H,4-9H2,1-3H3. The van der Waals surface area contributed by atoms with E-state index >= 15 is 0 Å². The van der Waals surface area contributed by atoms with E-state index in [1.165, 1.54) is 0 Å². The van der Waals surface area contributed by atoms with Gasteiger partial charge in [-0.1, -0.05) is 26.7 Å². The molecule has 0 radical (unpaired) electrons. The van der Waals surface area contributed by atoms with Crippen LogP contribution in [-0.4, -0.2) is 15.5 Å². The molecule has 0 saturated carbocycles. The Hall–Kier alpha value is -2.09. The van der Waals surface area contributed by atoms with Gasteiger partial charge < -0.3 is 5.11 Å². The number of nitrogens with zero attached hydrogens (tertiary/aromatic N) is 2. The summed E-state index contributed by atoms with van der Waals surface area (Å²) in [6.07, 6.45) is 3.44. The van der Waals surface area contributed by atoms with E-state index < -0.39 is 5.56 Å². The van der Waals surface area contributed by atoms with Gasteiger partial charge in [-0.05, 0) is 25.3 Å². The van der Waals surface area contributed by atoms with Gasteiger partial charge >= 0.3 is 0 Å². The Bertz CT molecular complexity index is 624. The second-order valence-electron chi connectivity index (χ2n) is 5.15. The molecule has 1 N–H and O–H groups in total. The Balaban J connectivity index is 3.46. The molecule has 0 aromatic carbocycles. The summed E-state index contributed by atoms with van der Waals surface area (Å²) in [5.74, 6) is -0.514. The first-order valence-electron chi connectivity index (χ1n) is 7.39. The van der Waals surface area contributed by atoms with Crippen molar-refractivity contribution in [1.82, 2.24) is 4.57 Å². The fraction of sp³-hybridized carbons (Fsp3) is 0.562. The molecule has 114 valence electrons. The lowest BCUT2D eigenvalue weighted by Crippen LogP contribution is -2.26. The zero-order valence-electron chi connectivity index (χ0n) is 12.9. The Labute approximate surface area is 124 Å². The van der Waals surface area contributed by atoms with Crippen molar-refractivity contribution in [2.24, 2.45) is 0 Å². The maximum Gasteiger partial charge on any atom is 0.271 e. The van der Waals surface area contributed by atoms with Crippen molar-refractivity contribution in [1.29, 1.82) is 5.26 Å². The van der Waals surface area contributed by atoms with E-state index in [4.69, 9.17) is 5.26 Å². The first-order chi connectivity index (χ1) is 9.99. The van der Waals surface area contributed by atoms with Crippen molar-refractivity contribution in [3.8, 4) is 11.9 Å². The zero-order valence-corrected chi connectivity index (χ0v) is 12.9. The van der Waals surface area contributed by atoms with E-state index in [2.05, 4.69) is 0 Å². The van der Waals surface area contributed by atoms with Gasteiger partial charge in [0.15, 0.2) is 5.78 Å². The minimum absolute atomic E-state index is 0.0521. The first kappa shape index (κ1) is 17.0. The third-order valence-electron chi connectivity index (χ3n) is 3.57. The molecule has 0 fully saturated rings. The molecule has 1 aromatic heterocycles. The van der Waals surface area contributed by atoms with Gasteiger partial charge in [-0.15, -0.1) is 0 Å². The molecule has 0 aliphatic carbocycles. The molecule has 0 saturated heterocycles. The molecule has 21 heavy (non-hydrogen) atoms. The summed E-state index contributed by atoms with van der Waals surface area (Å²) in [5.41, 5.74) is -0.165. The number of unbranched alkanes of at least 4 members (excludes halogenated alkanes) is 2. The number of aromatic hydroxyl groups is 1. The molecular formula is C16H22N2O3. The Kier molecular flexibility index (Phi) is 6.16. The molecule has 0 aliphatic heterocycles. The minimum Gasteiger partial charge on any atom is -0.494 e. The van der Waals surface area contributed by atoms with Crippen LogP contribution in [0.1, 0.15) is 67.4 Å². The van der Waals surface area contributed by atoms with Crippen LogP contribution >= 0.6 is 0 Å². The molecule has 1 heterocycles. The van der Waals surface area contributed by atoms with Crippen LogP contribution in [0.2, 0.25) is 0 Å². The molecule has 0 unspecified atom stereocenters. The van der Waals surface area contributed by atoms with Crippen LogP contribution in [0, 0.1) is 18.3 Å². The highest BCUT2D eigenvalue weighted by molar-refractivity contribution is 5.99. The second kappa shape index (κ2) is 7.63. The number of hydrogen-bond donors (Lipinski definition) is 1. The van der Waals surface area contributed by atoms with E-state index in [1.54, 1.807) is 6.92 Å². The van der Waals surface area contributed by atoms with Crippen molar-refractivity contribution in [2.45, 2.75) is 59.4 Å². The van der Waals surface area contributed by atoms with Crippen LogP contribution in [0.25, 0.3) is 0 Å². The van der Waals surface area contributed by atoms with Crippen LogP contribution in [0.4, 0.5) is 0 Å². The Morgan fingerprint density at radius 3 is 2.43 bits per heavy atom. The van der Waals surface area contributed by atoms with Crippen LogP contribution in [-0.2, 0) is 6.54 Å². The maximum atomic E-state index is 12.3. The predicted octanol–water partition coefficient (Wildman–Crippen LogP) is 2.91. The molecule has 0 aliphatic rings. The summed E-state index contributed by atoms with van der Waals surface area (Å²) in [7, 11) is 0. The van der Waals surface area contributed by atoms with Gasteiger partial charge in [0.25, 0.3) is 5.56 Å². The lowest BCUT2D eigenvalue weighted by molar-refractivity contribution is 0.0974. The molecule has 0 amide bonds. The number of rotatable bonds is 7. The first-order valence-corrected chi connectivity index (χ1v) is 7.39. The van der Waals surface area contributed by atoms with Gasteiger partial charge in [0, 0.05) is 13.0 Å². The summed E-state index contributed by atoms with van der Waals surface area (Å²) in [4.78, 5) is 24.5. The van der Waals surface area contributed by atoms with Crippen molar-refractivity contribution >= 4 is 5.78 Å². The predicted molar refractivity (Wildman–Crippen MR) is 80.6 cm³/mol. The summed E-state index contributed by atoms with van der Waals surface area (Å²) >= 11 is 0. The molecule has 0 atom stereocenters. The highest BCUT2D eigenvalue weighted by atomic mass is 16.3. The van der Waals surface area contributed by atoms with E-state index in [9.17, 15) is 14.7 Å². The fourth-order valence-corrected chi connectivity index (χ4v) is 2.27. The van der Waals surface area contributed by atoms with E-state index in [1.807, 2.05) is 19.9 Å². The summed E-state index contributed by atoms with van der Waals surface area (Å²) in [6, 6.07) is 1.86. The smallest absolute Gasteiger partial charge is 0.271 e. The second-order valence-corrected chi connectivity index (χ2v) is 5.15. The average Bonchev–Trinajstić information content (AvgIpc) is 2.45. The molecule has 0 spiro atoms. The van der Waals surface area contributed by atoms with Crippen molar-refractivity contribution < 1.29 is 9.90 Å². The van der Waals surface area contributed by atoms with Gasteiger partial charge in [-0.3, -0.25) is 14.2 Å². The van der Waals surface area contributed by atoms with E-state index in [0.29, 0.717) is 25.8 Å². The number of aromatic nitrogens is 1. The summed E-state index contributed by atoms with van der Waals surface area (Å²) in [5, 5.41) is 19.5. The largest absolute Gasteiger partial charge is 0.494 e. The monoisotopic (exact) mass is 290 g/mol.